The summed E-state index contributed by atoms with van der Waals surface area (Å²) in [5.41, 5.74) is 15.9. The van der Waals surface area contributed by atoms with Gasteiger partial charge in [-0.3, -0.25) is 25.2 Å². The Labute approximate surface area is 201 Å². The van der Waals surface area contributed by atoms with E-state index in [0.717, 1.165) is 0 Å². The molecule has 0 bridgehead atoms. The summed E-state index contributed by atoms with van der Waals surface area (Å²) in [6.07, 6.45) is 0.560. The first kappa shape index (κ1) is 31.3. The highest BCUT2D eigenvalue weighted by molar-refractivity contribution is 5.94. The molecule has 0 aliphatic carbocycles. The van der Waals surface area contributed by atoms with Crippen molar-refractivity contribution in [3.8, 4) is 0 Å². The summed E-state index contributed by atoms with van der Waals surface area (Å²) in [6.45, 7) is -1.16. The maximum absolute atomic E-state index is 12.9. The number of carbonyl (C=O) groups excluding carboxylic acids is 3. The normalized spacial score (nSPS) is 13.9. The number of carboxylic acid groups (broad SMARTS) is 1. The zero-order chi connectivity index (χ0) is 27.0. The minimum absolute atomic E-state index is 0.00165. The number of rotatable bonds is 17. The van der Waals surface area contributed by atoms with Gasteiger partial charge < -0.3 is 59.1 Å². The maximum atomic E-state index is 12.9. The van der Waals surface area contributed by atoms with Crippen LogP contribution in [0.5, 0.6) is 0 Å². The second kappa shape index (κ2) is 16.8. The summed E-state index contributed by atoms with van der Waals surface area (Å²) in [6, 6.07) is -5.34. The molecule has 0 radical (unpaired) electrons. The molecular weight excluding hydrogens is 468 g/mol. The molecule has 35 heavy (non-hydrogen) atoms. The molecule has 0 aromatic rings. The van der Waals surface area contributed by atoms with Crippen molar-refractivity contribution >= 4 is 35.6 Å². The molecule has 4 atom stereocenters. The van der Waals surface area contributed by atoms with Crippen LogP contribution in [0.25, 0.3) is 0 Å². The van der Waals surface area contributed by atoms with Crippen LogP contribution in [0.1, 0.15) is 25.7 Å². The summed E-state index contributed by atoms with van der Waals surface area (Å²) >= 11 is 0. The number of aliphatic carboxylic acids is 1. The Kier molecular flexibility index (Phi) is 15.1. The Morgan fingerprint density at radius 2 is 1.11 bits per heavy atom. The Bertz CT molecular complexity index is 751. The van der Waals surface area contributed by atoms with Crippen molar-refractivity contribution in [1.29, 1.82) is 10.8 Å². The number of aliphatic hydroxyl groups is 2. The van der Waals surface area contributed by atoms with Gasteiger partial charge >= 0.3 is 5.97 Å². The van der Waals surface area contributed by atoms with E-state index in [1.54, 1.807) is 0 Å². The number of hydrogen-bond donors (Lipinski definition) is 13. The number of guanidine groups is 2. The van der Waals surface area contributed by atoms with Crippen LogP contribution in [-0.4, -0.2) is 101 Å². The van der Waals surface area contributed by atoms with E-state index in [2.05, 4.69) is 26.6 Å². The summed E-state index contributed by atoms with van der Waals surface area (Å²) in [4.78, 5) is 48.8. The van der Waals surface area contributed by atoms with E-state index in [9.17, 15) is 19.2 Å². The van der Waals surface area contributed by atoms with Crippen molar-refractivity contribution in [2.45, 2.75) is 49.9 Å². The monoisotopic (exact) mass is 504 g/mol. The van der Waals surface area contributed by atoms with Gasteiger partial charge in [-0.2, -0.15) is 0 Å². The molecule has 0 saturated heterocycles. The van der Waals surface area contributed by atoms with Gasteiger partial charge in [-0.25, -0.2) is 4.79 Å². The van der Waals surface area contributed by atoms with Crippen molar-refractivity contribution in [2.75, 3.05) is 26.3 Å². The van der Waals surface area contributed by atoms with Crippen molar-refractivity contribution in [2.24, 2.45) is 17.2 Å². The molecule has 0 fully saturated rings. The van der Waals surface area contributed by atoms with E-state index in [0.29, 0.717) is 0 Å². The van der Waals surface area contributed by atoms with E-state index in [1.807, 2.05) is 0 Å². The first-order chi connectivity index (χ1) is 16.4. The second-order valence-corrected chi connectivity index (χ2v) is 7.46. The summed E-state index contributed by atoms with van der Waals surface area (Å²) < 4.78 is 0. The number of nitrogens with one attached hydrogen (secondary N) is 7. The third kappa shape index (κ3) is 13.6. The quantitative estimate of drug-likeness (QED) is 0.0500. The van der Waals surface area contributed by atoms with E-state index < -0.39 is 61.1 Å². The van der Waals surface area contributed by atoms with Crippen LogP contribution < -0.4 is 43.8 Å². The zero-order valence-corrected chi connectivity index (χ0v) is 19.2. The number of nitrogens with two attached hydrogens (primary N) is 3. The number of carboxylic acids is 1. The fraction of sp³-hybridized carbons (Fsp3) is 0.667. The number of amides is 3. The molecule has 0 unspecified atom stereocenters. The molecule has 3 amide bonds. The first-order valence-electron chi connectivity index (χ1n) is 10.7. The predicted molar refractivity (Wildman–Crippen MR) is 124 cm³/mol. The molecule has 17 nitrogen and oxygen atoms in total. The summed E-state index contributed by atoms with van der Waals surface area (Å²) in [7, 11) is 0. The van der Waals surface area contributed by atoms with Crippen LogP contribution in [0.4, 0.5) is 0 Å². The van der Waals surface area contributed by atoms with Crippen LogP contribution >= 0.6 is 0 Å². The van der Waals surface area contributed by atoms with Gasteiger partial charge in [-0.05, 0) is 25.7 Å². The molecule has 0 aliphatic heterocycles. The van der Waals surface area contributed by atoms with Crippen molar-refractivity contribution in [3.05, 3.63) is 0 Å². The number of carbonyl (C=O) groups is 4. The van der Waals surface area contributed by atoms with Crippen LogP contribution in [0.2, 0.25) is 0 Å². The minimum atomic E-state index is -1.60. The van der Waals surface area contributed by atoms with Gasteiger partial charge in [0.2, 0.25) is 17.7 Å². The topological polar surface area (TPSA) is 315 Å². The minimum Gasteiger partial charge on any atom is -0.480 e. The molecule has 0 aromatic heterocycles. The lowest BCUT2D eigenvalue weighted by Crippen LogP contribution is -2.57. The Morgan fingerprint density at radius 3 is 1.46 bits per heavy atom. The van der Waals surface area contributed by atoms with Crippen LogP contribution in [-0.2, 0) is 19.2 Å². The Balaban J connectivity index is 5.48. The lowest BCUT2D eigenvalue weighted by molar-refractivity contribution is -0.143. The van der Waals surface area contributed by atoms with Crippen LogP contribution in [0, 0.1) is 10.8 Å². The largest absolute Gasteiger partial charge is 0.480 e. The highest BCUT2D eigenvalue weighted by atomic mass is 16.4. The molecule has 0 aliphatic rings. The fourth-order valence-corrected chi connectivity index (χ4v) is 2.69. The molecular formula is C18H36N10O7. The van der Waals surface area contributed by atoms with E-state index in [4.69, 9.17) is 43.3 Å². The highest BCUT2D eigenvalue weighted by Gasteiger charge is 2.29. The standard InChI is InChI=1S/C18H36N10O7/c19-9(7-29)13(31)26-10(3-1-5-24-17(20)21)14(32)27-11(4-2-6-25-18(22)23)15(33)28-12(8-30)16(34)35/h9-12,29-30H,1-8,19H2,(H,26,31)(H,27,32)(H,28,33)(H,34,35)(H4,20,21,24)(H4,22,23,25)/t9-,10-,11-,12-/m0/s1. The number of aliphatic hydroxyl groups excluding tert-OH is 2. The molecule has 16 N–H and O–H groups in total. The Morgan fingerprint density at radius 1 is 0.714 bits per heavy atom. The molecule has 0 spiro atoms. The number of hydrogen-bond acceptors (Lipinski definition) is 9. The third-order valence-corrected chi connectivity index (χ3v) is 4.57. The van der Waals surface area contributed by atoms with Gasteiger partial charge in [0.25, 0.3) is 0 Å². The second-order valence-electron chi connectivity index (χ2n) is 7.46. The van der Waals surface area contributed by atoms with Gasteiger partial charge in [0.15, 0.2) is 11.9 Å². The third-order valence-electron chi connectivity index (χ3n) is 4.57. The molecule has 0 rings (SSSR count). The van der Waals surface area contributed by atoms with E-state index in [1.165, 1.54) is 0 Å². The molecule has 200 valence electrons. The lowest BCUT2D eigenvalue weighted by atomic mass is 10.1. The highest BCUT2D eigenvalue weighted by Crippen LogP contribution is 2.04. The van der Waals surface area contributed by atoms with Gasteiger partial charge in [0, 0.05) is 13.1 Å². The van der Waals surface area contributed by atoms with Crippen LogP contribution in [0.15, 0.2) is 0 Å². The lowest BCUT2D eigenvalue weighted by Gasteiger charge is -2.25. The van der Waals surface area contributed by atoms with Gasteiger partial charge in [0.1, 0.15) is 24.2 Å². The summed E-state index contributed by atoms with van der Waals surface area (Å²) in [5, 5.41) is 53.6. The van der Waals surface area contributed by atoms with Crippen molar-refractivity contribution in [3.63, 3.8) is 0 Å². The van der Waals surface area contributed by atoms with E-state index in [-0.39, 0.29) is 50.7 Å². The molecule has 17 heteroatoms. The van der Waals surface area contributed by atoms with E-state index >= 15 is 0 Å². The predicted octanol–water partition coefficient (Wildman–Crippen LogP) is -5.64. The van der Waals surface area contributed by atoms with Gasteiger partial charge in [-0.15, -0.1) is 0 Å². The van der Waals surface area contributed by atoms with Crippen molar-refractivity contribution < 1.29 is 34.5 Å². The molecule has 0 heterocycles. The van der Waals surface area contributed by atoms with Crippen LogP contribution in [0.3, 0.4) is 0 Å². The zero-order valence-electron chi connectivity index (χ0n) is 19.2. The molecule has 0 aromatic carbocycles. The summed E-state index contributed by atoms with van der Waals surface area (Å²) in [5.74, 6) is -4.57. The maximum Gasteiger partial charge on any atom is 0.328 e. The van der Waals surface area contributed by atoms with Crippen molar-refractivity contribution in [1.82, 2.24) is 26.6 Å². The van der Waals surface area contributed by atoms with Gasteiger partial charge in [0.05, 0.1) is 13.2 Å². The fourth-order valence-electron chi connectivity index (χ4n) is 2.69. The average molecular weight is 505 g/mol. The SMILES string of the molecule is N=C(N)NCCC[C@H](NC(=O)[C@H](CCCNC(=N)N)NC(=O)[C@@H](N)CO)C(=O)N[C@@H](CO)C(=O)O. The Hall–Kier alpha value is -3.70. The smallest absolute Gasteiger partial charge is 0.328 e. The average Bonchev–Trinajstić information content (AvgIpc) is 2.79. The van der Waals surface area contributed by atoms with Gasteiger partial charge in [-0.1, -0.05) is 0 Å². The molecule has 0 saturated carbocycles. The first-order valence-corrected chi connectivity index (χ1v) is 10.7.